The number of carbonyl (C=O) groups excluding carboxylic acids is 1. The Morgan fingerprint density at radius 1 is 1.48 bits per heavy atom. The summed E-state index contributed by atoms with van der Waals surface area (Å²) in [7, 11) is 0. The van der Waals surface area contributed by atoms with E-state index in [4.69, 9.17) is 22.1 Å². The number of fused-ring (bicyclic) bond motifs is 1. The van der Waals surface area contributed by atoms with E-state index < -0.39 is 0 Å². The van der Waals surface area contributed by atoms with Crippen LogP contribution in [0.2, 0.25) is 5.02 Å². The quantitative estimate of drug-likeness (QED) is 0.831. The number of amides is 1. The standard InChI is InChI=1S/C17H24ClN3O2/c1-2-21-7-5-11(6-8-21)20-17(22)13-10-14(18)15(19)12-4-3-9-23-16(12)13/h10-11H,2-9,19H2,1H3,(H,20,22). The third-order valence-electron chi connectivity index (χ3n) is 4.80. The highest BCUT2D eigenvalue weighted by Gasteiger charge is 2.26. The fourth-order valence-electron chi connectivity index (χ4n) is 3.36. The van der Waals surface area contributed by atoms with Crippen molar-refractivity contribution in [3.63, 3.8) is 0 Å². The van der Waals surface area contributed by atoms with Gasteiger partial charge in [0.15, 0.2) is 0 Å². The number of anilines is 1. The maximum absolute atomic E-state index is 12.7. The molecule has 0 atom stereocenters. The minimum Gasteiger partial charge on any atom is -0.492 e. The molecule has 5 nitrogen and oxygen atoms in total. The molecule has 2 aliphatic rings. The summed E-state index contributed by atoms with van der Waals surface area (Å²) in [5.74, 6) is 0.502. The second-order valence-electron chi connectivity index (χ2n) is 6.26. The zero-order valence-corrected chi connectivity index (χ0v) is 14.3. The Morgan fingerprint density at radius 2 is 2.22 bits per heavy atom. The Labute approximate surface area is 142 Å². The lowest BCUT2D eigenvalue weighted by Gasteiger charge is -2.31. The number of nitrogen functional groups attached to an aromatic ring is 1. The van der Waals surface area contributed by atoms with Crippen LogP contribution in [0.15, 0.2) is 6.07 Å². The van der Waals surface area contributed by atoms with Gasteiger partial charge in [-0.05, 0) is 38.3 Å². The molecule has 1 fully saturated rings. The number of carbonyl (C=O) groups is 1. The first kappa shape index (κ1) is 16.4. The Hall–Kier alpha value is -1.46. The number of likely N-dealkylation sites (tertiary alicyclic amines) is 1. The van der Waals surface area contributed by atoms with Crippen molar-refractivity contribution >= 4 is 23.2 Å². The molecule has 0 aromatic heterocycles. The van der Waals surface area contributed by atoms with Crippen LogP contribution in [0.4, 0.5) is 5.69 Å². The molecule has 0 saturated carbocycles. The van der Waals surface area contributed by atoms with Gasteiger partial charge < -0.3 is 20.7 Å². The third-order valence-corrected chi connectivity index (χ3v) is 5.12. The van der Waals surface area contributed by atoms with Crippen molar-refractivity contribution in [3.8, 4) is 5.75 Å². The molecule has 0 bridgehead atoms. The SMILES string of the molecule is CCN1CCC(NC(=O)c2cc(Cl)c(N)c3c2OCCC3)CC1. The molecule has 3 rings (SSSR count). The van der Waals surface area contributed by atoms with E-state index in [-0.39, 0.29) is 11.9 Å². The third kappa shape index (κ3) is 3.40. The van der Waals surface area contributed by atoms with Gasteiger partial charge in [-0.3, -0.25) is 4.79 Å². The van der Waals surface area contributed by atoms with Gasteiger partial charge in [-0.1, -0.05) is 18.5 Å². The lowest BCUT2D eigenvalue weighted by atomic mass is 9.99. The smallest absolute Gasteiger partial charge is 0.255 e. The zero-order valence-electron chi connectivity index (χ0n) is 13.5. The van der Waals surface area contributed by atoms with E-state index in [1.807, 2.05) is 0 Å². The van der Waals surface area contributed by atoms with Crippen LogP contribution in [-0.2, 0) is 6.42 Å². The summed E-state index contributed by atoms with van der Waals surface area (Å²) < 4.78 is 5.73. The van der Waals surface area contributed by atoms with E-state index in [2.05, 4.69) is 17.1 Å². The summed E-state index contributed by atoms with van der Waals surface area (Å²) in [6, 6.07) is 1.85. The van der Waals surface area contributed by atoms with Gasteiger partial charge in [0, 0.05) is 24.7 Å². The maximum Gasteiger partial charge on any atom is 0.255 e. The Kier molecular flexibility index (Phi) is 4.97. The molecule has 0 radical (unpaired) electrons. The van der Waals surface area contributed by atoms with Gasteiger partial charge in [-0.25, -0.2) is 0 Å². The van der Waals surface area contributed by atoms with Crippen LogP contribution in [0.3, 0.4) is 0 Å². The summed E-state index contributed by atoms with van der Waals surface area (Å²) in [5, 5.41) is 3.56. The Balaban J connectivity index is 1.76. The molecule has 1 aromatic rings. The van der Waals surface area contributed by atoms with Crippen molar-refractivity contribution in [2.24, 2.45) is 0 Å². The van der Waals surface area contributed by atoms with Gasteiger partial charge in [-0.15, -0.1) is 0 Å². The number of hydrogen-bond acceptors (Lipinski definition) is 4. The predicted molar refractivity (Wildman–Crippen MR) is 92.3 cm³/mol. The van der Waals surface area contributed by atoms with Crippen molar-refractivity contribution < 1.29 is 9.53 Å². The molecule has 0 spiro atoms. The van der Waals surface area contributed by atoms with Crippen molar-refractivity contribution in [2.45, 2.75) is 38.6 Å². The molecule has 0 unspecified atom stereocenters. The first-order valence-corrected chi connectivity index (χ1v) is 8.74. The lowest BCUT2D eigenvalue weighted by molar-refractivity contribution is 0.0907. The normalized spacial score (nSPS) is 19.0. The van der Waals surface area contributed by atoms with Crippen molar-refractivity contribution in [3.05, 3.63) is 22.2 Å². The average Bonchev–Trinajstić information content (AvgIpc) is 2.58. The summed E-state index contributed by atoms with van der Waals surface area (Å²) in [6.45, 7) is 5.90. The fraction of sp³-hybridized carbons (Fsp3) is 0.588. The van der Waals surface area contributed by atoms with Crippen LogP contribution in [0.5, 0.6) is 5.75 Å². The number of benzene rings is 1. The molecule has 3 N–H and O–H groups in total. The Bertz CT molecular complexity index is 598. The zero-order chi connectivity index (χ0) is 16.4. The van der Waals surface area contributed by atoms with Crippen molar-refractivity contribution in [2.75, 3.05) is 32.0 Å². The fourth-order valence-corrected chi connectivity index (χ4v) is 3.58. The van der Waals surface area contributed by atoms with Crippen LogP contribution in [0.25, 0.3) is 0 Å². The molecule has 1 saturated heterocycles. The van der Waals surface area contributed by atoms with Crippen LogP contribution in [-0.4, -0.2) is 43.1 Å². The number of hydrogen-bond donors (Lipinski definition) is 2. The summed E-state index contributed by atoms with van der Waals surface area (Å²) in [4.78, 5) is 15.1. The van der Waals surface area contributed by atoms with Crippen LogP contribution >= 0.6 is 11.6 Å². The van der Waals surface area contributed by atoms with Gasteiger partial charge in [0.2, 0.25) is 0 Å². The second-order valence-corrected chi connectivity index (χ2v) is 6.67. The first-order chi connectivity index (χ1) is 11.1. The van der Waals surface area contributed by atoms with E-state index in [1.165, 1.54) is 0 Å². The van der Waals surface area contributed by atoms with Gasteiger partial charge in [0.1, 0.15) is 5.75 Å². The molecule has 1 aromatic carbocycles. The monoisotopic (exact) mass is 337 g/mol. The van der Waals surface area contributed by atoms with Crippen LogP contribution in [0.1, 0.15) is 42.1 Å². The minimum atomic E-state index is -0.111. The number of rotatable bonds is 3. The molecule has 2 heterocycles. The topological polar surface area (TPSA) is 67.6 Å². The highest BCUT2D eigenvalue weighted by Crippen LogP contribution is 2.38. The molecule has 6 heteroatoms. The predicted octanol–water partition coefficient (Wildman–Crippen LogP) is 2.46. The number of nitrogens with zero attached hydrogens (tertiary/aromatic N) is 1. The van der Waals surface area contributed by atoms with E-state index in [1.54, 1.807) is 6.07 Å². The van der Waals surface area contributed by atoms with Crippen LogP contribution < -0.4 is 15.8 Å². The number of piperidine rings is 1. The van der Waals surface area contributed by atoms with Gasteiger partial charge in [-0.2, -0.15) is 0 Å². The lowest BCUT2D eigenvalue weighted by Crippen LogP contribution is -2.44. The maximum atomic E-state index is 12.7. The minimum absolute atomic E-state index is 0.111. The van der Waals surface area contributed by atoms with Gasteiger partial charge in [0.25, 0.3) is 5.91 Å². The van der Waals surface area contributed by atoms with Gasteiger partial charge >= 0.3 is 0 Å². The molecular formula is C17H24ClN3O2. The highest BCUT2D eigenvalue weighted by molar-refractivity contribution is 6.33. The van der Waals surface area contributed by atoms with E-state index >= 15 is 0 Å². The highest BCUT2D eigenvalue weighted by atomic mass is 35.5. The number of halogens is 1. The summed E-state index contributed by atoms with van der Waals surface area (Å²) in [5.41, 5.74) is 7.96. The molecule has 2 aliphatic heterocycles. The summed E-state index contributed by atoms with van der Waals surface area (Å²) in [6.07, 6.45) is 3.65. The molecule has 23 heavy (non-hydrogen) atoms. The van der Waals surface area contributed by atoms with E-state index in [9.17, 15) is 4.79 Å². The van der Waals surface area contributed by atoms with E-state index in [0.29, 0.717) is 28.6 Å². The molecule has 126 valence electrons. The van der Waals surface area contributed by atoms with Crippen molar-refractivity contribution in [1.82, 2.24) is 10.2 Å². The first-order valence-electron chi connectivity index (χ1n) is 8.37. The molecule has 0 aliphatic carbocycles. The van der Waals surface area contributed by atoms with Crippen LogP contribution in [0, 0.1) is 0 Å². The Morgan fingerprint density at radius 3 is 2.91 bits per heavy atom. The molecule has 1 amide bonds. The average molecular weight is 338 g/mol. The van der Waals surface area contributed by atoms with E-state index in [0.717, 1.165) is 50.9 Å². The second kappa shape index (κ2) is 6.97. The largest absolute Gasteiger partial charge is 0.492 e. The number of nitrogens with two attached hydrogens (primary N) is 1. The number of nitrogens with one attached hydrogen (secondary N) is 1. The van der Waals surface area contributed by atoms with Gasteiger partial charge in [0.05, 0.1) is 22.9 Å². The summed E-state index contributed by atoms with van der Waals surface area (Å²) >= 11 is 6.21. The van der Waals surface area contributed by atoms with Crippen molar-refractivity contribution in [1.29, 1.82) is 0 Å². The molecular weight excluding hydrogens is 314 g/mol. The number of ether oxygens (including phenoxy) is 1.